The first kappa shape index (κ1) is 21.7. The van der Waals surface area contributed by atoms with Gasteiger partial charge in [0.15, 0.2) is 0 Å². The second-order valence-corrected chi connectivity index (χ2v) is 8.02. The fourth-order valence-electron chi connectivity index (χ4n) is 3.12. The third-order valence-electron chi connectivity index (χ3n) is 4.91. The van der Waals surface area contributed by atoms with E-state index >= 15 is 0 Å². The van der Waals surface area contributed by atoms with E-state index in [9.17, 15) is 19.8 Å². The summed E-state index contributed by atoms with van der Waals surface area (Å²) < 4.78 is 0. The minimum Gasteiger partial charge on any atom is -0.481 e. The molecule has 0 bridgehead atoms. The molecule has 2 aromatic carbocycles. The highest BCUT2D eigenvalue weighted by Gasteiger charge is 2.26. The molecule has 0 saturated carbocycles. The Kier molecular flexibility index (Phi) is 7.32. The molecule has 2 atom stereocenters. The molecular formula is C23H24N2O4S. The van der Waals surface area contributed by atoms with Gasteiger partial charge in [0.2, 0.25) is 0 Å². The maximum absolute atomic E-state index is 11.8. The van der Waals surface area contributed by atoms with Crippen molar-refractivity contribution in [3.8, 4) is 10.6 Å². The van der Waals surface area contributed by atoms with Crippen LogP contribution in [0.2, 0.25) is 0 Å². The van der Waals surface area contributed by atoms with Crippen molar-refractivity contribution in [2.24, 2.45) is 0 Å². The third-order valence-corrected chi connectivity index (χ3v) is 5.82. The normalized spacial score (nSPS) is 13.0. The Hall–Kier alpha value is -3.03. The van der Waals surface area contributed by atoms with E-state index in [2.05, 4.69) is 10.3 Å². The molecular weight excluding hydrogens is 400 g/mol. The van der Waals surface area contributed by atoms with Gasteiger partial charge in [0, 0.05) is 17.5 Å². The average molecular weight is 425 g/mol. The number of hydrogen-bond donors (Lipinski definition) is 3. The maximum atomic E-state index is 11.8. The van der Waals surface area contributed by atoms with Crippen LogP contribution >= 0.6 is 11.3 Å². The van der Waals surface area contributed by atoms with E-state index in [0.29, 0.717) is 18.5 Å². The zero-order valence-corrected chi connectivity index (χ0v) is 17.4. The SMILES string of the molecule is Cc1ccc(-c2nc(C(CNC(CCc3ccccc3)C(=O)O)C(=O)O)cs2)cc1. The number of aryl methyl sites for hydroxylation is 2. The van der Waals surface area contributed by atoms with Crippen LogP contribution in [0.4, 0.5) is 0 Å². The molecule has 0 aliphatic carbocycles. The van der Waals surface area contributed by atoms with Crippen LogP contribution < -0.4 is 5.32 Å². The first-order chi connectivity index (χ1) is 14.4. The smallest absolute Gasteiger partial charge is 0.320 e. The number of aromatic nitrogens is 1. The second kappa shape index (κ2) is 10.1. The van der Waals surface area contributed by atoms with Gasteiger partial charge in [0.05, 0.1) is 5.69 Å². The standard InChI is InChI=1S/C23H24N2O4S/c1-15-7-10-17(11-8-15)21-25-20(14-30-21)18(22(26)27)13-24-19(23(28)29)12-9-16-5-3-2-4-6-16/h2-8,10-11,14,18-19,24H,9,12-13H2,1H3,(H,26,27)(H,28,29). The van der Waals surface area contributed by atoms with Gasteiger partial charge in [-0.15, -0.1) is 11.3 Å². The Morgan fingerprint density at radius 1 is 1.03 bits per heavy atom. The predicted octanol–water partition coefficient (Wildman–Crippen LogP) is 3.96. The summed E-state index contributed by atoms with van der Waals surface area (Å²) in [6.07, 6.45) is 0.966. The third kappa shape index (κ3) is 5.75. The maximum Gasteiger partial charge on any atom is 0.320 e. The Morgan fingerprint density at radius 2 is 1.73 bits per heavy atom. The van der Waals surface area contributed by atoms with Crippen LogP contribution in [-0.2, 0) is 16.0 Å². The average Bonchev–Trinajstić information content (AvgIpc) is 3.21. The monoisotopic (exact) mass is 424 g/mol. The summed E-state index contributed by atoms with van der Waals surface area (Å²) in [5.41, 5.74) is 3.55. The number of carboxylic acids is 2. The minimum atomic E-state index is -1.03. The van der Waals surface area contributed by atoms with Crippen LogP contribution in [0.3, 0.4) is 0 Å². The van der Waals surface area contributed by atoms with Crippen molar-refractivity contribution >= 4 is 23.3 Å². The summed E-state index contributed by atoms with van der Waals surface area (Å²) in [5, 5.41) is 24.6. The highest BCUT2D eigenvalue weighted by Crippen LogP contribution is 2.27. The highest BCUT2D eigenvalue weighted by atomic mass is 32.1. The molecule has 3 aromatic rings. The first-order valence-corrected chi connectivity index (χ1v) is 10.6. The molecule has 0 saturated heterocycles. The lowest BCUT2D eigenvalue weighted by Crippen LogP contribution is -2.40. The van der Waals surface area contributed by atoms with Gasteiger partial charge < -0.3 is 15.5 Å². The van der Waals surface area contributed by atoms with Crippen molar-refractivity contribution in [1.82, 2.24) is 10.3 Å². The van der Waals surface area contributed by atoms with Crippen molar-refractivity contribution in [2.45, 2.75) is 31.7 Å². The fraction of sp³-hybridized carbons (Fsp3) is 0.261. The molecule has 0 fully saturated rings. The number of benzene rings is 2. The van der Waals surface area contributed by atoms with Gasteiger partial charge in [0.1, 0.15) is 17.0 Å². The number of hydrogen-bond acceptors (Lipinski definition) is 5. The Bertz CT molecular complexity index is 986. The number of nitrogens with zero attached hydrogens (tertiary/aromatic N) is 1. The Labute approximate surface area is 179 Å². The fourth-order valence-corrected chi connectivity index (χ4v) is 4.00. The number of aliphatic carboxylic acids is 2. The van der Waals surface area contributed by atoms with Crippen LogP contribution in [0.25, 0.3) is 10.6 Å². The molecule has 2 unspecified atom stereocenters. The molecule has 7 heteroatoms. The van der Waals surface area contributed by atoms with Crippen molar-refractivity contribution in [1.29, 1.82) is 0 Å². The minimum absolute atomic E-state index is 0.00182. The van der Waals surface area contributed by atoms with Crippen molar-refractivity contribution < 1.29 is 19.8 Å². The molecule has 1 heterocycles. The van der Waals surface area contributed by atoms with Crippen molar-refractivity contribution in [2.75, 3.05) is 6.54 Å². The van der Waals surface area contributed by atoms with E-state index in [1.165, 1.54) is 11.3 Å². The Morgan fingerprint density at radius 3 is 2.37 bits per heavy atom. The molecule has 0 spiro atoms. The topological polar surface area (TPSA) is 99.5 Å². The summed E-state index contributed by atoms with van der Waals surface area (Å²) in [6, 6.07) is 16.7. The van der Waals surface area contributed by atoms with Crippen LogP contribution in [0.1, 0.15) is 29.2 Å². The molecule has 6 nitrogen and oxygen atoms in total. The molecule has 30 heavy (non-hydrogen) atoms. The van der Waals surface area contributed by atoms with E-state index in [4.69, 9.17) is 0 Å². The quantitative estimate of drug-likeness (QED) is 0.456. The molecule has 3 rings (SSSR count). The summed E-state index contributed by atoms with van der Waals surface area (Å²) >= 11 is 1.38. The van der Waals surface area contributed by atoms with Gasteiger partial charge in [-0.2, -0.15) is 0 Å². The lowest BCUT2D eigenvalue weighted by molar-refractivity contribution is -0.141. The van der Waals surface area contributed by atoms with Crippen LogP contribution in [0, 0.1) is 6.92 Å². The number of nitrogens with one attached hydrogen (secondary N) is 1. The second-order valence-electron chi connectivity index (χ2n) is 7.16. The molecule has 3 N–H and O–H groups in total. The van der Waals surface area contributed by atoms with Gasteiger partial charge in [-0.3, -0.25) is 9.59 Å². The van der Waals surface area contributed by atoms with Crippen LogP contribution in [0.5, 0.6) is 0 Å². The van der Waals surface area contributed by atoms with Gasteiger partial charge in [-0.25, -0.2) is 4.98 Å². The van der Waals surface area contributed by atoms with E-state index in [1.807, 2.05) is 61.5 Å². The predicted molar refractivity (Wildman–Crippen MR) is 117 cm³/mol. The molecule has 0 aliphatic heterocycles. The molecule has 0 aliphatic rings. The zero-order chi connectivity index (χ0) is 21.5. The lowest BCUT2D eigenvalue weighted by atomic mass is 10.0. The van der Waals surface area contributed by atoms with Gasteiger partial charge >= 0.3 is 11.9 Å². The summed E-state index contributed by atoms with van der Waals surface area (Å²) in [6.45, 7) is 2.00. The highest BCUT2D eigenvalue weighted by molar-refractivity contribution is 7.13. The van der Waals surface area contributed by atoms with Gasteiger partial charge in [0.25, 0.3) is 0 Å². The molecule has 156 valence electrons. The number of carboxylic acid groups (broad SMARTS) is 2. The summed E-state index contributed by atoms with van der Waals surface area (Å²) in [5.74, 6) is -2.94. The van der Waals surface area contributed by atoms with Crippen molar-refractivity contribution in [3.05, 3.63) is 76.8 Å². The van der Waals surface area contributed by atoms with E-state index < -0.39 is 23.9 Å². The van der Waals surface area contributed by atoms with Crippen molar-refractivity contribution in [3.63, 3.8) is 0 Å². The molecule has 0 amide bonds. The van der Waals surface area contributed by atoms with E-state index in [1.54, 1.807) is 5.38 Å². The van der Waals surface area contributed by atoms with Crippen LogP contribution in [-0.4, -0.2) is 39.7 Å². The Balaban J connectivity index is 1.66. The number of carbonyl (C=O) groups is 2. The lowest BCUT2D eigenvalue weighted by Gasteiger charge is -2.17. The number of rotatable bonds is 10. The zero-order valence-electron chi connectivity index (χ0n) is 16.6. The molecule has 1 aromatic heterocycles. The van der Waals surface area contributed by atoms with E-state index in [-0.39, 0.29) is 6.54 Å². The summed E-state index contributed by atoms with van der Waals surface area (Å²) in [4.78, 5) is 28.0. The molecule has 0 radical (unpaired) electrons. The first-order valence-electron chi connectivity index (χ1n) is 9.69. The van der Waals surface area contributed by atoms with E-state index in [0.717, 1.165) is 21.7 Å². The number of thiazole rings is 1. The van der Waals surface area contributed by atoms with Gasteiger partial charge in [-0.05, 0) is 25.3 Å². The van der Waals surface area contributed by atoms with Gasteiger partial charge in [-0.1, -0.05) is 60.2 Å². The van der Waals surface area contributed by atoms with Crippen LogP contribution in [0.15, 0.2) is 60.0 Å². The summed E-state index contributed by atoms with van der Waals surface area (Å²) in [7, 11) is 0. The largest absolute Gasteiger partial charge is 0.481 e.